The van der Waals surface area contributed by atoms with Crippen molar-refractivity contribution < 1.29 is 27.5 Å². The lowest BCUT2D eigenvalue weighted by Gasteiger charge is -2.43. The predicted molar refractivity (Wildman–Crippen MR) is 261 cm³/mol. The molecule has 1 unspecified atom stereocenters. The van der Waals surface area contributed by atoms with Crippen LogP contribution in [0.25, 0.3) is 11.0 Å². The van der Waals surface area contributed by atoms with Crippen LogP contribution in [-0.2, 0) is 32.6 Å². The van der Waals surface area contributed by atoms with Crippen molar-refractivity contribution in [2.45, 2.75) is 64.1 Å². The van der Waals surface area contributed by atoms with E-state index in [1.54, 1.807) is 30.2 Å². The number of amides is 3. The van der Waals surface area contributed by atoms with E-state index in [9.17, 15) is 22.8 Å². The number of methoxy groups -OCH3 is 1. The number of fused-ring (bicyclic) bond motifs is 2. The predicted octanol–water partition coefficient (Wildman–Crippen LogP) is 5.29. The summed E-state index contributed by atoms with van der Waals surface area (Å²) in [5, 5.41) is 9.06. The van der Waals surface area contributed by atoms with Crippen LogP contribution in [-0.4, -0.2) is 132 Å². The fourth-order valence-corrected chi connectivity index (χ4v) is 10.3. The number of ether oxygens (including phenoxy) is 1. The van der Waals surface area contributed by atoms with Crippen molar-refractivity contribution >= 4 is 84.9 Å². The summed E-state index contributed by atoms with van der Waals surface area (Å²) in [5.74, 6) is 6.89. The van der Waals surface area contributed by atoms with Crippen LogP contribution in [0.15, 0.2) is 61.1 Å². The third kappa shape index (κ3) is 10.1. The first-order valence-corrected chi connectivity index (χ1v) is 25.1. The Morgan fingerprint density at radius 3 is 2.49 bits per heavy atom. The summed E-state index contributed by atoms with van der Waals surface area (Å²) in [6.07, 6.45) is 9.74. The number of halogens is 1. The normalized spacial score (nSPS) is 18.2. The van der Waals surface area contributed by atoms with Gasteiger partial charge in [-0.05, 0) is 67.1 Å². The molecule has 4 N–H and O–H groups in total. The molecule has 9 rings (SSSR count). The Balaban J connectivity index is 0.782. The van der Waals surface area contributed by atoms with Gasteiger partial charge in [0.05, 0.1) is 42.1 Å². The zero-order chi connectivity index (χ0) is 47.5. The summed E-state index contributed by atoms with van der Waals surface area (Å²) in [7, 11) is -2.03. The first-order valence-electron chi connectivity index (χ1n) is 22.8. The molecule has 3 amide bonds. The molecule has 2 aromatic heterocycles. The lowest BCUT2D eigenvalue weighted by molar-refractivity contribution is -0.136. The van der Waals surface area contributed by atoms with Crippen molar-refractivity contribution in [1.82, 2.24) is 40.0 Å². The molecule has 0 aliphatic carbocycles. The molecule has 1 atom stereocenters. The molecule has 5 aromatic rings. The Hall–Kier alpha value is -6.59. The number of aryl methyl sites for hydroxylation is 1. The van der Waals surface area contributed by atoms with Gasteiger partial charge in [0.2, 0.25) is 27.8 Å². The number of sulfonamides is 1. The summed E-state index contributed by atoms with van der Waals surface area (Å²) in [6.45, 7) is 9.17. The number of nitrogens with zero attached hydrogens (tertiary/aromatic N) is 8. The van der Waals surface area contributed by atoms with Crippen LogP contribution < -0.4 is 30.3 Å². The van der Waals surface area contributed by atoms with Gasteiger partial charge in [-0.2, -0.15) is 4.98 Å². The lowest BCUT2D eigenvalue weighted by Crippen LogP contribution is -2.53. The highest BCUT2D eigenvalue weighted by molar-refractivity contribution is 7.92. The van der Waals surface area contributed by atoms with E-state index in [2.05, 4.69) is 86.2 Å². The molecule has 0 spiro atoms. The monoisotopic (exact) mass is 960 g/mol. The number of nitrogens with one attached hydrogen (secondary N) is 4. The van der Waals surface area contributed by atoms with Crippen molar-refractivity contribution in [2.75, 3.05) is 79.4 Å². The van der Waals surface area contributed by atoms with Crippen LogP contribution >= 0.6 is 11.6 Å². The number of aromatic nitrogens is 4. The van der Waals surface area contributed by atoms with Crippen LogP contribution in [0.2, 0.25) is 5.02 Å². The average Bonchev–Trinajstić information content (AvgIpc) is 3.67. The van der Waals surface area contributed by atoms with E-state index in [1.165, 1.54) is 18.6 Å². The largest absolute Gasteiger partial charge is 0.494 e. The Morgan fingerprint density at radius 2 is 1.74 bits per heavy atom. The van der Waals surface area contributed by atoms with Gasteiger partial charge in [-0.25, -0.2) is 13.4 Å². The summed E-state index contributed by atoms with van der Waals surface area (Å²) in [5.41, 5.74) is 6.70. The second kappa shape index (κ2) is 19.9. The number of hydrogen-bond acceptors (Lipinski definition) is 15. The Labute approximate surface area is 400 Å². The first-order chi connectivity index (χ1) is 32.8. The van der Waals surface area contributed by atoms with Crippen LogP contribution in [0.5, 0.6) is 5.75 Å². The quantitative estimate of drug-likeness (QED) is 0.0874. The molecule has 18 nitrogen and oxygen atoms in total. The standard InChI is InChI=1S/C48H53ClN12O6S/c1-4-30-26-38(54-48-52-28-35(49)45(56-48)53-37-12-11-36-43(51-18-17-50-36)44(37)57-68(3,65)66)41(67-2)27-40(30)60-20-15-32(16-21-60)59-24-22-58(23-25-59)19-6-5-8-31-9-7-10-33-34(31)29-61(47(33)64)39-13-14-42(62)55-46(39)63/h7,9-12,17-18,26-28,32,39,57H,4,6,13-16,19-25,29H2,1-3H3,(H,55,62,63)(H2,52,53,54,56). The number of piperazine rings is 1. The van der Waals surface area contributed by atoms with Gasteiger partial charge in [-0.1, -0.05) is 36.4 Å². The Morgan fingerprint density at radius 1 is 0.941 bits per heavy atom. The first kappa shape index (κ1) is 46.5. The third-order valence-corrected chi connectivity index (χ3v) is 13.9. The number of benzene rings is 3. The van der Waals surface area contributed by atoms with Gasteiger partial charge in [0.1, 0.15) is 22.3 Å². The van der Waals surface area contributed by atoms with E-state index in [0.717, 1.165) is 93.7 Å². The molecule has 0 bridgehead atoms. The maximum Gasteiger partial charge on any atom is 0.255 e. The molecule has 68 heavy (non-hydrogen) atoms. The molecule has 3 aromatic carbocycles. The summed E-state index contributed by atoms with van der Waals surface area (Å²) < 4.78 is 33.2. The van der Waals surface area contributed by atoms with E-state index in [-0.39, 0.29) is 40.7 Å². The van der Waals surface area contributed by atoms with E-state index < -0.39 is 22.0 Å². The zero-order valence-electron chi connectivity index (χ0n) is 38.1. The summed E-state index contributed by atoms with van der Waals surface area (Å²) >= 11 is 6.57. The Kier molecular flexibility index (Phi) is 13.6. The minimum Gasteiger partial charge on any atom is -0.494 e. The molecule has 6 heterocycles. The van der Waals surface area contributed by atoms with E-state index >= 15 is 0 Å². The number of anilines is 6. The average molecular weight is 962 g/mol. The van der Waals surface area contributed by atoms with Gasteiger partial charge in [0.15, 0.2) is 5.82 Å². The molecular weight excluding hydrogens is 908 g/mol. The topological polar surface area (TPSA) is 207 Å². The number of imide groups is 1. The highest BCUT2D eigenvalue weighted by Gasteiger charge is 2.40. The van der Waals surface area contributed by atoms with Gasteiger partial charge >= 0.3 is 0 Å². The SMILES string of the molecule is CCc1cc(Nc2ncc(Cl)c(Nc3ccc4nccnc4c3NS(C)(=O)=O)n2)c(OC)cc1N1CCC(N2CCN(CCC#Cc3cccc4c3CN(C3CCC(=O)NC3=O)C4=O)CC2)CC1. The third-order valence-electron chi connectivity index (χ3n) is 13.0. The van der Waals surface area contributed by atoms with Crippen LogP contribution in [0.4, 0.5) is 34.5 Å². The molecule has 354 valence electrons. The maximum absolute atomic E-state index is 13.2. The van der Waals surface area contributed by atoms with E-state index in [4.69, 9.17) is 16.3 Å². The smallest absolute Gasteiger partial charge is 0.255 e. The molecule has 3 saturated heterocycles. The van der Waals surface area contributed by atoms with Crippen molar-refractivity contribution in [3.63, 3.8) is 0 Å². The van der Waals surface area contributed by atoms with Gasteiger partial charge < -0.3 is 25.2 Å². The van der Waals surface area contributed by atoms with Gasteiger partial charge in [-0.15, -0.1) is 0 Å². The van der Waals surface area contributed by atoms with E-state index in [0.29, 0.717) is 59.1 Å². The van der Waals surface area contributed by atoms with E-state index in [1.807, 2.05) is 12.1 Å². The van der Waals surface area contributed by atoms with Crippen LogP contribution in [0.1, 0.15) is 66.1 Å². The van der Waals surface area contributed by atoms with Crippen LogP contribution in [0.3, 0.4) is 0 Å². The highest BCUT2D eigenvalue weighted by atomic mass is 35.5. The molecule has 20 heteroatoms. The van der Waals surface area contributed by atoms with Crippen molar-refractivity contribution in [1.29, 1.82) is 0 Å². The van der Waals surface area contributed by atoms with Gasteiger partial charge in [-0.3, -0.25) is 44.2 Å². The molecule has 0 radical (unpaired) electrons. The molecular formula is C48H53ClN12O6S. The fraction of sp³-hybridized carbons (Fsp3) is 0.396. The van der Waals surface area contributed by atoms with Crippen molar-refractivity contribution in [3.8, 4) is 17.6 Å². The maximum atomic E-state index is 13.2. The molecule has 4 aliphatic rings. The fourth-order valence-electron chi connectivity index (χ4n) is 9.55. The summed E-state index contributed by atoms with van der Waals surface area (Å²) in [6, 6.07) is 13.0. The second-order valence-electron chi connectivity index (χ2n) is 17.3. The van der Waals surface area contributed by atoms with Crippen molar-refractivity contribution in [3.05, 3.63) is 88.3 Å². The van der Waals surface area contributed by atoms with Crippen molar-refractivity contribution in [2.24, 2.45) is 0 Å². The number of rotatable bonds is 13. The number of carbonyl (C=O) groups excluding carboxylic acids is 3. The minimum absolute atomic E-state index is 0.188. The molecule has 0 saturated carbocycles. The van der Waals surface area contributed by atoms with Crippen LogP contribution in [0, 0.1) is 11.8 Å². The lowest BCUT2D eigenvalue weighted by atomic mass is 9.99. The number of hydrogen-bond donors (Lipinski definition) is 4. The highest BCUT2D eigenvalue weighted by Crippen LogP contribution is 2.39. The Bertz CT molecular complexity index is 2950. The number of carbonyl (C=O) groups is 3. The summed E-state index contributed by atoms with van der Waals surface area (Å²) in [4.78, 5) is 64.3. The van der Waals surface area contributed by atoms with Gasteiger partial charge in [0.25, 0.3) is 5.91 Å². The second-order valence-corrected chi connectivity index (χ2v) is 19.5. The minimum atomic E-state index is -3.67. The van der Waals surface area contributed by atoms with Gasteiger partial charge in [0, 0.05) is 107 Å². The zero-order valence-corrected chi connectivity index (χ0v) is 39.7. The molecule has 3 fully saturated rings. The number of piperidine rings is 2. The molecule has 4 aliphatic heterocycles.